The molecule has 0 saturated carbocycles. The number of esters is 1. The number of para-hydroxylation sites is 2. The predicted octanol–water partition coefficient (Wildman–Crippen LogP) is 5.03. The first-order valence-electron chi connectivity index (χ1n) is 13.0. The molecule has 3 unspecified atom stereocenters. The Hall–Kier alpha value is -4.52. The van der Waals surface area contributed by atoms with Gasteiger partial charge in [0, 0.05) is 35.1 Å². The number of Topliss-reactive ketones (excluding diaryl/α,β-unsaturated/α-hetero) is 3. The van der Waals surface area contributed by atoms with Crippen LogP contribution < -0.4 is 14.4 Å². The Morgan fingerprint density at radius 1 is 0.872 bits per heavy atom. The van der Waals surface area contributed by atoms with E-state index in [1.807, 2.05) is 48.2 Å². The number of ketones is 3. The smallest absolute Gasteiger partial charge is 0.308 e. The number of ether oxygens (including phenoxy) is 2. The molecule has 3 atom stereocenters. The summed E-state index contributed by atoms with van der Waals surface area (Å²) in [6.45, 7) is 5.01. The van der Waals surface area contributed by atoms with E-state index in [4.69, 9.17) is 9.47 Å². The molecule has 3 aliphatic rings. The lowest BCUT2D eigenvalue weighted by molar-refractivity contribution is -0.131. The molecule has 2 aliphatic heterocycles. The van der Waals surface area contributed by atoms with Crippen LogP contribution in [0.15, 0.2) is 72.8 Å². The number of rotatable bonds is 5. The highest BCUT2D eigenvalue weighted by molar-refractivity contribution is 6.32. The fourth-order valence-corrected chi connectivity index (χ4v) is 6.74. The van der Waals surface area contributed by atoms with Gasteiger partial charge in [0.1, 0.15) is 11.2 Å². The second kappa shape index (κ2) is 9.05. The molecule has 1 aliphatic carbocycles. The van der Waals surface area contributed by atoms with Crippen molar-refractivity contribution >= 4 is 35.1 Å². The predicted molar refractivity (Wildman–Crippen MR) is 145 cm³/mol. The molecule has 2 heterocycles. The van der Waals surface area contributed by atoms with Crippen LogP contribution in [-0.2, 0) is 9.59 Å². The monoisotopic (exact) mass is 521 g/mol. The van der Waals surface area contributed by atoms with Gasteiger partial charge in [-0.1, -0.05) is 66.7 Å². The molecule has 3 aromatic rings. The molecule has 1 spiro atoms. The van der Waals surface area contributed by atoms with Crippen molar-refractivity contribution < 1.29 is 28.7 Å². The average Bonchev–Trinajstić information content (AvgIpc) is 3.35. The molecule has 7 nitrogen and oxygen atoms in total. The SMILES string of the molecule is CCOc1ccccc1C1C(C(C)=O)N2c3c(cccc3OC(C)=O)C=CC2C12C(=O)c1ccccc1C2=O. The number of fused-ring (bicyclic) bond motifs is 5. The molecule has 7 heteroatoms. The molecule has 0 bridgehead atoms. The van der Waals surface area contributed by atoms with Gasteiger partial charge in [0.15, 0.2) is 23.1 Å². The quantitative estimate of drug-likeness (QED) is 0.264. The van der Waals surface area contributed by atoms with E-state index in [-0.39, 0.29) is 23.1 Å². The molecule has 0 amide bonds. The summed E-state index contributed by atoms with van der Waals surface area (Å²) in [5.74, 6) is -1.46. The van der Waals surface area contributed by atoms with Gasteiger partial charge in [0.25, 0.3) is 0 Å². The van der Waals surface area contributed by atoms with E-state index in [1.54, 1.807) is 42.5 Å². The number of carbonyl (C=O) groups excluding carboxylic acids is 4. The van der Waals surface area contributed by atoms with Crippen molar-refractivity contribution in [1.29, 1.82) is 0 Å². The molecule has 3 aromatic carbocycles. The zero-order valence-electron chi connectivity index (χ0n) is 21.8. The third-order valence-corrected chi connectivity index (χ3v) is 8.01. The van der Waals surface area contributed by atoms with Gasteiger partial charge in [0.2, 0.25) is 0 Å². The van der Waals surface area contributed by atoms with Crippen molar-refractivity contribution in [3.63, 3.8) is 0 Å². The topological polar surface area (TPSA) is 90.0 Å². The van der Waals surface area contributed by atoms with Crippen LogP contribution in [0.25, 0.3) is 6.08 Å². The second-order valence-corrected chi connectivity index (χ2v) is 10.1. The number of benzene rings is 3. The van der Waals surface area contributed by atoms with Crippen LogP contribution in [0, 0.1) is 5.41 Å². The van der Waals surface area contributed by atoms with Gasteiger partial charge in [-0.25, -0.2) is 0 Å². The summed E-state index contributed by atoms with van der Waals surface area (Å²) < 4.78 is 11.6. The van der Waals surface area contributed by atoms with E-state index in [0.717, 1.165) is 5.56 Å². The Morgan fingerprint density at radius 2 is 1.51 bits per heavy atom. The molecule has 0 N–H and O–H groups in total. The van der Waals surface area contributed by atoms with Gasteiger partial charge in [-0.15, -0.1) is 0 Å². The Kier molecular flexibility index (Phi) is 5.75. The fourth-order valence-electron chi connectivity index (χ4n) is 6.74. The van der Waals surface area contributed by atoms with Gasteiger partial charge in [-0.05, 0) is 26.0 Å². The lowest BCUT2D eigenvalue weighted by Crippen LogP contribution is -2.48. The van der Waals surface area contributed by atoms with Crippen LogP contribution in [0.1, 0.15) is 58.5 Å². The molecule has 39 heavy (non-hydrogen) atoms. The van der Waals surface area contributed by atoms with E-state index in [2.05, 4.69) is 0 Å². The van der Waals surface area contributed by atoms with Crippen molar-refractivity contribution in [3.05, 3.63) is 95.1 Å². The van der Waals surface area contributed by atoms with E-state index < -0.39 is 29.4 Å². The minimum absolute atomic E-state index is 0.219. The van der Waals surface area contributed by atoms with E-state index in [1.165, 1.54) is 13.8 Å². The summed E-state index contributed by atoms with van der Waals surface area (Å²) in [5.41, 5.74) is 0.901. The second-order valence-electron chi connectivity index (χ2n) is 10.1. The third kappa shape index (κ3) is 3.35. The van der Waals surface area contributed by atoms with Crippen molar-refractivity contribution in [2.75, 3.05) is 11.5 Å². The molecule has 6 rings (SSSR count). The lowest BCUT2D eigenvalue weighted by Gasteiger charge is -2.37. The molecular weight excluding hydrogens is 494 g/mol. The number of nitrogens with zero attached hydrogens (tertiary/aromatic N) is 1. The van der Waals surface area contributed by atoms with Gasteiger partial charge in [-0.2, -0.15) is 0 Å². The fraction of sp³-hybridized carbons (Fsp3) is 0.250. The maximum atomic E-state index is 14.6. The van der Waals surface area contributed by atoms with E-state index in [0.29, 0.717) is 34.7 Å². The molecule has 0 radical (unpaired) electrons. The maximum Gasteiger partial charge on any atom is 0.308 e. The van der Waals surface area contributed by atoms with Crippen molar-refractivity contribution in [3.8, 4) is 11.5 Å². The molecular formula is C32H27NO6. The van der Waals surface area contributed by atoms with Crippen LogP contribution in [0.4, 0.5) is 5.69 Å². The molecule has 1 fully saturated rings. The first-order valence-corrected chi connectivity index (χ1v) is 13.0. The Morgan fingerprint density at radius 3 is 2.15 bits per heavy atom. The number of carbonyl (C=O) groups is 4. The highest BCUT2D eigenvalue weighted by atomic mass is 16.5. The zero-order valence-corrected chi connectivity index (χ0v) is 21.8. The summed E-state index contributed by atoms with van der Waals surface area (Å²) in [7, 11) is 0. The maximum absolute atomic E-state index is 14.6. The van der Waals surface area contributed by atoms with Gasteiger partial charge in [-0.3, -0.25) is 19.2 Å². The number of hydrogen-bond acceptors (Lipinski definition) is 7. The number of anilines is 1. The minimum Gasteiger partial charge on any atom is -0.494 e. The highest BCUT2D eigenvalue weighted by Gasteiger charge is 2.71. The minimum atomic E-state index is -1.63. The van der Waals surface area contributed by atoms with Crippen LogP contribution in [-0.4, -0.2) is 42.0 Å². The summed E-state index contributed by atoms with van der Waals surface area (Å²) in [6.07, 6.45) is 3.67. The summed E-state index contributed by atoms with van der Waals surface area (Å²) in [5, 5.41) is 0. The Labute approximate surface area is 226 Å². The lowest BCUT2D eigenvalue weighted by atomic mass is 9.64. The first kappa shape index (κ1) is 24.8. The van der Waals surface area contributed by atoms with Crippen molar-refractivity contribution in [2.24, 2.45) is 5.41 Å². The van der Waals surface area contributed by atoms with Crippen LogP contribution >= 0.6 is 0 Å². The van der Waals surface area contributed by atoms with E-state index in [9.17, 15) is 19.2 Å². The zero-order chi connectivity index (χ0) is 27.5. The average molecular weight is 522 g/mol. The normalized spacial score (nSPS) is 21.9. The summed E-state index contributed by atoms with van der Waals surface area (Å²) in [6, 6.07) is 17.7. The molecule has 196 valence electrons. The van der Waals surface area contributed by atoms with E-state index >= 15 is 0 Å². The van der Waals surface area contributed by atoms with Crippen molar-refractivity contribution in [1.82, 2.24) is 0 Å². The number of hydrogen-bond donors (Lipinski definition) is 0. The molecule has 0 aromatic heterocycles. The standard InChI is InChI=1S/C32H27NO6/c1-4-38-24-14-8-7-13-23(24)27-28(18(2)34)33-26(17-16-20-10-9-15-25(29(20)33)39-19(3)35)32(27)30(36)21-11-5-6-12-22(21)31(32)37/h5-17,26-28H,4H2,1-3H3. The van der Waals surface area contributed by atoms with Crippen LogP contribution in [0.5, 0.6) is 11.5 Å². The third-order valence-electron chi connectivity index (χ3n) is 8.01. The molecule has 1 saturated heterocycles. The van der Waals surface area contributed by atoms with Gasteiger partial charge < -0.3 is 14.4 Å². The van der Waals surface area contributed by atoms with Gasteiger partial charge >= 0.3 is 5.97 Å². The largest absolute Gasteiger partial charge is 0.494 e. The van der Waals surface area contributed by atoms with Gasteiger partial charge in [0.05, 0.1) is 24.4 Å². The summed E-state index contributed by atoms with van der Waals surface area (Å²) in [4.78, 5) is 56.7. The highest BCUT2D eigenvalue weighted by Crippen LogP contribution is 2.62. The first-order chi connectivity index (χ1) is 18.8. The van der Waals surface area contributed by atoms with Crippen LogP contribution in [0.2, 0.25) is 0 Å². The Balaban J connectivity index is 1.70. The van der Waals surface area contributed by atoms with Crippen molar-refractivity contribution in [2.45, 2.75) is 38.8 Å². The Bertz CT molecular complexity index is 1550. The van der Waals surface area contributed by atoms with Crippen LogP contribution in [0.3, 0.4) is 0 Å². The summed E-state index contributed by atoms with van der Waals surface area (Å²) >= 11 is 0.